The van der Waals surface area contributed by atoms with Gasteiger partial charge in [-0.2, -0.15) is 0 Å². The minimum atomic E-state index is -1.04. The van der Waals surface area contributed by atoms with Gasteiger partial charge in [-0.1, -0.05) is 44.8 Å². The zero-order valence-corrected chi connectivity index (χ0v) is 14.0. The number of hydrogen-bond donors (Lipinski definition) is 1. The molecule has 0 amide bonds. The van der Waals surface area contributed by atoms with Crippen LogP contribution in [0.3, 0.4) is 0 Å². The summed E-state index contributed by atoms with van der Waals surface area (Å²) in [7, 11) is -1.85. The van der Waals surface area contributed by atoms with Crippen LogP contribution in [-0.4, -0.2) is 29.2 Å². The Morgan fingerprint density at radius 1 is 0.938 bits per heavy atom. The van der Waals surface area contributed by atoms with Gasteiger partial charge >= 0.3 is 0 Å². The predicted molar refractivity (Wildman–Crippen MR) is 82.7 cm³/mol. The standard InChI is InChI=1S/C13H31NSi2/c1-7-16(5,6)13-9-11-14-10-8-12-15(2,3)4/h7,14H,1,8-13H2,2-6H3. The van der Waals surface area contributed by atoms with E-state index in [0.717, 1.165) is 0 Å². The molecule has 16 heavy (non-hydrogen) atoms. The Balaban J connectivity index is 3.32. The average molecular weight is 258 g/mol. The molecule has 3 heteroatoms. The lowest BCUT2D eigenvalue weighted by Gasteiger charge is -2.17. The third-order valence-electron chi connectivity index (χ3n) is 3.01. The molecule has 96 valence electrons. The Bertz CT molecular complexity index is 195. The molecule has 0 aromatic rings. The first-order valence-corrected chi connectivity index (χ1v) is 13.6. The second kappa shape index (κ2) is 7.46. The predicted octanol–water partition coefficient (Wildman–Crippen LogP) is 4.13. The van der Waals surface area contributed by atoms with Crippen LogP contribution in [-0.2, 0) is 0 Å². The zero-order chi connectivity index (χ0) is 12.7. The smallest absolute Gasteiger partial charge is 0.0710 e. The van der Waals surface area contributed by atoms with E-state index in [4.69, 9.17) is 0 Å². The molecule has 0 rings (SSSR count). The van der Waals surface area contributed by atoms with Crippen molar-refractivity contribution in [2.75, 3.05) is 13.1 Å². The maximum Gasteiger partial charge on any atom is 0.0710 e. The van der Waals surface area contributed by atoms with E-state index in [2.05, 4.69) is 50.3 Å². The Morgan fingerprint density at radius 2 is 1.44 bits per heavy atom. The van der Waals surface area contributed by atoms with Crippen LogP contribution in [0.15, 0.2) is 12.3 Å². The second-order valence-corrected chi connectivity index (χ2v) is 17.2. The minimum Gasteiger partial charge on any atom is -0.317 e. The van der Waals surface area contributed by atoms with Gasteiger partial charge < -0.3 is 5.32 Å². The highest BCUT2D eigenvalue weighted by atomic mass is 28.3. The van der Waals surface area contributed by atoms with Crippen LogP contribution in [0.2, 0.25) is 44.8 Å². The Morgan fingerprint density at radius 3 is 1.88 bits per heavy atom. The van der Waals surface area contributed by atoms with Gasteiger partial charge in [0.05, 0.1) is 8.07 Å². The van der Waals surface area contributed by atoms with Crippen molar-refractivity contribution < 1.29 is 0 Å². The van der Waals surface area contributed by atoms with Gasteiger partial charge in [0.15, 0.2) is 0 Å². The summed E-state index contributed by atoms with van der Waals surface area (Å²) in [6.07, 6.45) is 2.68. The molecule has 0 aliphatic carbocycles. The molecule has 0 aliphatic rings. The number of hydrogen-bond acceptors (Lipinski definition) is 1. The van der Waals surface area contributed by atoms with E-state index >= 15 is 0 Å². The van der Waals surface area contributed by atoms with Gasteiger partial charge in [-0.3, -0.25) is 0 Å². The summed E-state index contributed by atoms with van der Waals surface area (Å²) in [5.74, 6) is 0. The fraction of sp³-hybridized carbons (Fsp3) is 0.846. The summed E-state index contributed by atoms with van der Waals surface area (Å²) < 4.78 is 0. The highest BCUT2D eigenvalue weighted by molar-refractivity contribution is 6.82. The van der Waals surface area contributed by atoms with Gasteiger partial charge in [-0.15, -0.1) is 12.3 Å². The van der Waals surface area contributed by atoms with Crippen molar-refractivity contribution in [2.24, 2.45) is 0 Å². The minimum absolute atomic E-state index is 0.808. The van der Waals surface area contributed by atoms with Crippen LogP contribution < -0.4 is 5.32 Å². The molecule has 1 nitrogen and oxygen atoms in total. The molecule has 0 heterocycles. The maximum absolute atomic E-state index is 3.93. The third kappa shape index (κ3) is 10.6. The Kier molecular flexibility index (Phi) is 7.52. The molecule has 0 radical (unpaired) electrons. The van der Waals surface area contributed by atoms with Crippen molar-refractivity contribution in [3.8, 4) is 0 Å². The van der Waals surface area contributed by atoms with E-state index in [1.165, 1.54) is 38.0 Å². The summed E-state index contributed by atoms with van der Waals surface area (Å²) in [6, 6.07) is 2.82. The molecule has 0 atom stereocenters. The zero-order valence-electron chi connectivity index (χ0n) is 12.0. The van der Waals surface area contributed by atoms with Crippen LogP contribution in [0, 0.1) is 0 Å². The molecule has 0 unspecified atom stereocenters. The maximum atomic E-state index is 3.93. The molecule has 0 saturated heterocycles. The molecular formula is C13H31NSi2. The fourth-order valence-electron chi connectivity index (χ4n) is 1.64. The van der Waals surface area contributed by atoms with Gasteiger partial charge in [0.1, 0.15) is 0 Å². The monoisotopic (exact) mass is 257 g/mol. The first kappa shape index (κ1) is 16.1. The summed E-state index contributed by atoms with van der Waals surface area (Å²) >= 11 is 0. The van der Waals surface area contributed by atoms with Crippen molar-refractivity contribution in [3.05, 3.63) is 12.3 Å². The van der Waals surface area contributed by atoms with Crippen molar-refractivity contribution in [2.45, 2.75) is 57.7 Å². The van der Waals surface area contributed by atoms with Gasteiger partial charge in [-0.05, 0) is 25.9 Å². The van der Waals surface area contributed by atoms with Crippen LogP contribution in [0.25, 0.3) is 0 Å². The molecule has 1 N–H and O–H groups in total. The van der Waals surface area contributed by atoms with Crippen LogP contribution in [0.4, 0.5) is 0 Å². The highest BCUT2D eigenvalue weighted by Gasteiger charge is 2.14. The molecule has 0 fully saturated rings. The van der Waals surface area contributed by atoms with Crippen LogP contribution in [0.5, 0.6) is 0 Å². The lowest BCUT2D eigenvalue weighted by Crippen LogP contribution is -2.26. The molecule has 0 aromatic heterocycles. The SMILES string of the molecule is C=C[Si](C)(C)CCCNCCC[Si](C)(C)C. The second-order valence-electron chi connectivity index (χ2n) is 6.71. The van der Waals surface area contributed by atoms with Crippen molar-refractivity contribution in [1.82, 2.24) is 5.32 Å². The summed E-state index contributed by atoms with van der Waals surface area (Å²) in [5, 5.41) is 3.56. The van der Waals surface area contributed by atoms with Gasteiger partial charge in [-0.25, -0.2) is 0 Å². The molecule has 0 bridgehead atoms. The Hall–Kier alpha value is 0.134. The molecule has 0 spiro atoms. The van der Waals surface area contributed by atoms with Gasteiger partial charge in [0.2, 0.25) is 0 Å². The summed E-state index contributed by atoms with van der Waals surface area (Å²) in [6.45, 7) is 18.5. The summed E-state index contributed by atoms with van der Waals surface area (Å²) in [4.78, 5) is 0. The summed E-state index contributed by atoms with van der Waals surface area (Å²) in [5.41, 5.74) is 2.21. The van der Waals surface area contributed by atoms with E-state index in [1.54, 1.807) is 0 Å². The van der Waals surface area contributed by atoms with E-state index < -0.39 is 16.1 Å². The topological polar surface area (TPSA) is 12.0 Å². The van der Waals surface area contributed by atoms with Crippen LogP contribution in [0.1, 0.15) is 12.8 Å². The molecule has 0 aromatic carbocycles. The van der Waals surface area contributed by atoms with Crippen molar-refractivity contribution >= 4 is 16.1 Å². The average Bonchev–Trinajstić information content (AvgIpc) is 2.14. The van der Waals surface area contributed by atoms with E-state index in [1.807, 2.05) is 0 Å². The van der Waals surface area contributed by atoms with Crippen molar-refractivity contribution in [1.29, 1.82) is 0 Å². The third-order valence-corrected chi connectivity index (χ3v) is 7.61. The normalized spacial score (nSPS) is 12.8. The van der Waals surface area contributed by atoms with E-state index in [-0.39, 0.29) is 0 Å². The molecule has 0 aliphatic heterocycles. The van der Waals surface area contributed by atoms with Crippen LogP contribution >= 0.6 is 0 Å². The first-order chi connectivity index (χ1) is 7.27. The molecule has 0 saturated carbocycles. The first-order valence-electron chi connectivity index (χ1n) is 6.61. The van der Waals surface area contributed by atoms with Gasteiger partial charge in [0, 0.05) is 8.07 Å². The molecular weight excluding hydrogens is 226 g/mol. The van der Waals surface area contributed by atoms with Crippen molar-refractivity contribution in [3.63, 3.8) is 0 Å². The lowest BCUT2D eigenvalue weighted by molar-refractivity contribution is 0.656. The quantitative estimate of drug-likeness (QED) is 0.484. The van der Waals surface area contributed by atoms with Gasteiger partial charge in [0.25, 0.3) is 0 Å². The Labute approximate surface area is 105 Å². The van der Waals surface area contributed by atoms with E-state index in [9.17, 15) is 0 Å². The highest BCUT2D eigenvalue weighted by Crippen LogP contribution is 2.12. The number of rotatable bonds is 9. The fourth-order valence-corrected chi connectivity index (χ4v) is 4.17. The lowest BCUT2D eigenvalue weighted by atomic mass is 10.4. The number of nitrogens with one attached hydrogen (secondary N) is 1. The van der Waals surface area contributed by atoms with E-state index in [0.29, 0.717) is 0 Å². The largest absolute Gasteiger partial charge is 0.317 e.